The average molecular weight is 284 g/mol. The van der Waals surface area contributed by atoms with E-state index in [0.717, 1.165) is 10.0 Å². The second-order valence-corrected chi connectivity index (χ2v) is 4.10. The van der Waals surface area contributed by atoms with E-state index in [0.29, 0.717) is 6.42 Å². The Morgan fingerprint density at radius 2 is 2.25 bits per heavy atom. The molecule has 1 rings (SSSR count). The van der Waals surface area contributed by atoms with Gasteiger partial charge in [-0.3, -0.25) is 4.99 Å². The highest BCUT2D eigenvalue weighted by molar-refractivity contribution is 9.10. The molecule has 16 heavy (non-hydrogen) atoms. The van der Waals surface area contributed by atoms with Gasteiger partial charge in [0.05, 0.1) is 7.11 Å². The van der Waals surface area contributed by atoms with E-state index < -0.39 is 6.04 Å². The number of carbonyl (C=O) groups excluding carboxylic acids is 1. The Bertz CT molecular complexity index is 390. The van der Waals surface area contributed by atoms with Gasteiger partial charge in [0, 0.05) is 16.3 Å². The fourth-order valence-corrected chi connectivity index (χ4v) is 1.61. The summed E-state index contributed by atoms with van der Waals surface area (Å²) in [4.78, 5) is 15.5. The van der Waals surface area contributed by atoms with Gasteiger partial charge in [0.25, 0.3) is 0 Å². The molecule has 1 atom stereocenters. The van der Waals surface area contributed by atoms with Crippen molar-refractivity contribution in [3.8, 4) is 0 Å². The van der Waals surface area contributed by atoms with Crippen LogP contribution < -0.4 is 0 Å². The van der Waals surface area contributed by atoms with E-state index in [2.05, 4.69) is 25.7 Å². The molecule has 0 aliphatic heterocycles. The molecule has 0 bridgehead atoms. The predicted molar refractivity (Wildman–Crippen MR) is 67.8 cm³/mol. The molecule has 0 saturated carbocycles. The number of rotatable bonds is 4. The number of ether oxygens (including phenoxy) is 1. The van der Waals surface area contributed by atoms with Crippen LogP contribution in [-0.2, 0) is 9.53 Å². The van der Waals surface area contributed by atoms with Gasteiger partial charge in [-0.05, 0) is 12.5 Å². The summed E-state index contributed by atoms with van der Waals surface area (Å²) < 4.78 is 5.61. The van der Waals surface area contributed by atoms with Crippen LogP contribution in [0.3, 0.4) is 0 Å². The molecule has 0 N–H and O–H groups in total. The van der Waals surface area contributed by atoms with Crippen LogP contribution in [0.2, 0.25) is 0 Å². The van der Waals surface area contributed by atoms with Crippen molar-refractivity contribution in [3.63, 3.8) is 0 Å². The van der Waals surface area contributed by atoms with Crippen LogP contribution in [0.15, 0.2) is 33.7 Å². The maximum atomic E-state index is 11.3. The van der Waals surface area contributed by atoms with E-state index >= 15 is 0 Å². The Morgan fingerprint density at radius 3 is 2.81 bits per heavy atom. The summed E-state index contributed by atoms with van der Waals surface area (Å²) in [6.45, 7) is 1.90. The third-order valence-electron chi connectivity index (χ3n) is 2.16. The summed E-state index contributed by atoms with van der Waals surface area (Å²) >= 11 is 3.41. The number of halogens is 1. The van der Waals surface area contributed by atoms with Gasteiger partial charge < -0.3 is 4.74 Å². The molecule has 0 spiro atoms. The van der Waals surface area contributed by atoms with Gasteiger partial charge in [0.15, 0.2) is 0 Å². The summed E-state index contributed by atoms with van der Waals surface area (Å²) in [6, 6.07) is 7.29. The molecule has 0 radical (unpaired) electrons. The lowest BCUT2D eigenvalue weighted by molar-refractivity contribution is -0.142. The van der Waals surface area contributed by atoms with E-state index in [-0.39, 0.29) is 5.97 Å². The lowest BCUT2D eigenvalue weighted by Crippen LogP contribution is -2.19. The largest absolute Gasteiger partial charge is 0.467 e. The van der Waals surface area contributed by atoms with E-state index in [4.69, 9.17) is 0 Å². The highest BCUT2D eigenvalue weighted by Gasteiger charge is 2.14. The third-order valence-corrected chi connectivity index (χ3v) is 2.88. The minimum atomic E-state index is -0.419. The van der Waals surface area contributed by atoms with E-state index in [1.54, 1.807) is 6.21 Å². The van der Waals surface area contributed by atoms with E-state index in [1.165, 1.54) is 7.11 Å². The molecule has 0 aliphatic carbocycles. The molecule has 0 saturated heterocycles. The number of aliphatic imine (C=N–C) groups is 1. The monoisotopic (exact) mass is 283 g/mol. The minimum Gasteiger partial charge on any atom is -0.467 e. The van der Waals surface area contributed by atoms with Gasteiger partial charge in [0.1, 0.15) is 6.04 Å². The lowest BCUT2D eigenvalue weighted by Gasteiger charge is -2.06. The number of benzene rings is 1. The Morgan fingerprint density at radius 1 is 1.56 bits per heavy atom. The molecule has 0 aromatic heterocycles. The zero-order chi connectivity index (χ0) is 12.0. The molecule has 0 aliphatic rings. The van der Waals surface area contributed by atoms with Crippen molar-refractivity contribution in [1.29, 1.82) is 0 Å². The van der Waals surface area contributed by atoms with E-state index in [9.17, 15) is 4.79 Å². The number of hydrogen-bond acceptors (Lipinski definition) is 3. The van der Waals surface area contributed by atoms with Crippen molar-refractivity contribution in [2.45, 2.75) is 19.4 Å². The van der Waals surface area contributed by atoms with Gasteiger partial charge >= 0.3 is 5.97 Å². The number of methoxy groups -OCH3 is 1. The predicted octanol–water partition coefficient (Wildman–Crippen LogP) is 2.82. The smallest absolute Gasteiger partial charge is 0.330 e. The quantitative estimate of drug-likeness (QED) is 0.630. The highest BCUT2D eigenvalue weighted by Crippen LogP contribution is 2.14. The Kier molecular flexibility index (Phi) is 5.19. The van der Waals surface area contributed by atoms with Crippen molar-refractivity contribution < 1.29 is 9.53 Å². The molecule has 0 heterocycles. The van der Waals surface area contributed by atoms with Crippen LogP contribution in [-0.4, -0.2) is 25.3 Å². The first-order chi connectivity index (χ1) is 7.69. The lowest BCUT2D eigenvalue weighted by atomic mass is 10.2. The molecule has 4 heteroatoms. The van der Waals surface area contributed by atoms with Gasteiger partial charge in [-0.1, -0.05) is 41.1 Å². The van der Waals surface area contributed by atoms with Crippen molar-refractivity contribution in [3.05, 3.63) is 34.3 Å². The Hall–Kier alpha value is -1.16. The van der Waals surface area contributed by atoms with Crippen molar-refractivity contribution in [1.82, 2.24) is 0 Å². The molecule has 3 nitrogen and oxygen atoms in total. The number of carbonyl (C=O) groups is 1. The van der Waals surface area contributed by atoms with Crippen molar-refractivity contribution >= 4 is 28.1 Å². The summed E-state index contributed by atoms with van der Waals surface area (Å²) in [7, 11) is 1.37. The molecule has 0 unspecified atom stereocenters. The van der Waals surface area contributed by atoms with Crippen LogP contribution in [0, 0.1) is 0 Å². The summed E-state index contributed by atoms with van der Waals surface area (Å²) in [5.74, 6) is -0.300. The van der Waals surface area contributed by atoms with Crippen molar-refractivity contribution in [2.75, 3.05) is 7.11 Å². The maximum absolute atomic E-state index is 11.3. The van der Waals surface area contributed by atoms with Crippen LogP contribution in [0.4, 0.5) is 0 Å². The summed E-state index contributed by atoms with van der Waals surface area (Å²) in [6.07, 6.45) is 2.32. The van der Waals surface area contributed by atoms with E-state index in [1.807, 2.05) is 31.2 Å². The number of hydrogen-bond donors (Lipinski definition) is 0. The normalized spacial score (nSPS) is 12.7. The molecular weight excluding hydrogens is 270 g/mol. The topological polar surface area (TPSA) is 38.7 Å². The SMILES string of the molecule is CC[C@H](N=Cc1ccccc1Br)C(=O)OC. The molecular formula is C12H14BrNO2. The van der Waals surface area contributed by atoms with Gasteiger partial charge in [-0.15, -0.1) is 0 Å². The average Bonchev–Trinajstić information content (AvgIpc) is 2.31. The summed E-state index contributed by atoms with van der Waals surface area (Å²) in [5.41, 5.74) is 0.949. The fraction of sp³-hybridized carbons (Fsp3) is 0.333. The first-order valence-electron chi connectivity index (χ1n) is 5.04. The molecule has 1 aromatic carbocycles. The van der Waals surface area contributed by atoms with Crippen molar-refractivity contribution in [2.24, 2.45) is 4.99 Å². The van der Waals surface area contributed by atoms with Crippen LogP contribution in [0.5, 0.6) is 0 Å². The molecule has 0 amide bonds. The zero-order valence-corrected chi connectivity index (χ0v) is 10.9. The van der Waals surface area contributed by atoms with Crippen LogP contribution in [0.1, 0.15) is 18.9 Å². The third kappa shape index (κ3) is 3.45. The first-order valence-corrected chi connectivity index (χ1v) is 5.83. The van der Waals surface area contributed by atoms with Crippen LogP contribution >= 0.6 is 15.9 Å². The minimum absolute atomic E-state index is 0.300. The second-order valence-electron chi connectivity index (χ2n) is 3.25. The Labute approximate surface area is 104 Å². The summed E-state index contributed by atoms with van der Waals surface area (Å²) in [5, 5.41) is 0. The molecule has 0 fully saturated rings. The van der Waals surface area contributed by atoms with Crippen LogP contribution in [0.25, 0.3) is 0 Å². The number of esters is 1. The molecule has 1 aromatic rings. The molecule has 86 valence electrons. The van der Waals surface area contributed by atoms with Gasteiger partial charge in [-0.2, -0.15) is 0 Å². The second kappa shape index (κ2) is 6.43. The van der Waals surface area contributed by atoms with Gasteiger partial charge in [0.2, 0.25) is 0 Å². The van der Waals surface area contributed by atoms with Gasteiger partial charge in [-0.25, -0.2) is 4.79 Å². The fourth-order valence-electron chi connectivity index (χ4n) is 1.22. The first kappa shape index (κ1) is 12.9. The number of nitrogens with zero attached hydrogens (tertiary/aromatic N) is 1. The maximum Gasteiger partial charge on any atom is 0.330 e. The highest BCUT2D eigenvalue weighted by atomic mass is 79.9. The zero-order valence-electron chi connectivity index (χ0n) is 9.31. The standard InChI is InChI=1S/C12H14BrNO2/c1-3-11(12(15)16-2)14-8-9-6-4-5-7-10(9)13/h4-8,11H,3H2,1-2H3/t11-/m0/s1. The Balaban J connectivity index is 2.79.